The minimum atomic E-state index is -0.412. The number of rotatable bonds is 8. The first-order valence-electron chi connectivity index (χ1n) is 11.6. The van der Waals surface area contributed by atoms with Crippen LogP contribution in [0.3, 0.4) is 0 Å². The van der Waals surface area contributed by atoms with Crippen molar-refractivity contribution in [3.63, 3.8) is 0 Å². The number of nitrogens with one attached hydrogen (secondary N) is 3. The van der Waals surface area contributed by atoms with Crippen LogP contribution in [-0.4, -0.2) is 30.8 Å². The molecule has 0 fully saturated rings. The van der Waals surface area contributed by atoms with Crippen LogP contribution >= 0.6 is 0 Å². The lowest BCUT2D eigenvalue weighted by molar-refractivity contribution is -0.121. The first-order chi connectivity index (χ1) is 16.8. The molecule has 1 heterocycles. The van der Waals surface area contributed by atoms with Crippen molar-refractivity contribution in [3.8, 4) is 0 Å². The van der Waals surface area contributed by atoms with Crippen molar-refractivity contribution in [2.75, 3.05) is 24.7 Å². The molecule has 0 unspecified atom stereocenters. The summed E-state index contributed by atoms with van der Waals surface area (Å²) in [6.07, 6.45) is 0.411. The van der Waals surface area contributed by atoms with Gasteiger partial charge in [0, 0.05) is 30.8 Å². The van der Waals surface area contributed by atoms with Gasteiger partial charge in [-0.3, -0.25) is 9.59 Å². The van der Waals surface area contributed by atoms with E-state index in [2.05, 4.69) is 20.9 Å². The van der Waals surface area contributed by atoms with Crippen LogP contribution < -0.4 is 16.0 Å². The van der Waals surface area contributed by atoms with Gasteiger partial charge in [0.15, 0.2) is 0 Å². The summed E-state index contributed by atoms with van der Waals surface area (Å²) in [5, 5.41) is 9.10. The zero-order valence-electron chi connectivity index (χ0n) is 20.1. The molecule has 35 heavy (non-hydrogen) atoms. The van der Waals surface area contributed by atoms with Gasteiger partial charge in [0.2, 0.25) is 5.91 Å². The van der Waals surface area contributed by atoms with Crippen molar-refractivity contribution >= 4 is 34.5 Å². The Morgan fingerprint density at radius 3 is 2.49 bits per heavy atom. The second kappa shape index (κ2) is 10.5. The van der Waals surface area contributed by atoms with E-state index in [-0.39, 0.29) is 11.8 Å². The van der Waals surface area contributed by atoms with Gasteiger partial charge in [-0.15, -0.1) is 0 Å². The van der Waals surface area contributed by atoms with Gasteiger partial charge < -0.3 is 20.9 Å². The van der Waals surface area contributed by atoms with E-state index in [0.29, 0.717) is 35.5 Å². The summed E-state index contributed by atoms with van der Waals surface area (Å²) in [5.41, 5.74) is 5.80. The molecule has 0 spiro atoms. The Balaban J connectivity index is 1.76. The third kappa shape index (κ3) is 5.75. The van der Waals surface area contributed by atoms with Gasteiger partial charge in [-0.2, -0.15) is 0 Å². The van der Waals surface area contributed by atoms with Gasteiger partial charge >= 0.3 is 0 Å². The molecule has 0 saturated heterocycles. The highest BCUT2D eigenvalue weighted by Crippen LogP contribution is 2.38. The molecule has 0 bridgehead atoms. The molecule has 7 heteroatoms. The lowest BCUT2D eigenvalue weighted by atomic mass is 9.98. The van der Waals surface area contributed by atoms with E-state index in [1.807, 2.05) is 62.6 Å². The Kier molecular flexibility index (Phi) is 7.27. The van der Waals surface area contributed by atoms with E-state index in [9.17, 15) is 14.0 Å². The van der Waals surface area contributed by atoms with E-state index in [0.717, 1.165) is 23.4 Å². The van der Waals surface area contributed by atoms with Gasteiger partial charge in [-0.25, -0.2) is 4.39 Å². The maximum atomic E-state index is 13.8. The molecule has 1 aliphatic rings. The van der Waals surface area contributed by atoms with Gasteiger partial charge in [-0.05, 0) is 67.2 Å². The number of benzene rings is 3. The predicted molar refractivity (Wildman–Crippen MR) is 138 cm³/mol. The van der Waals surface area contributed by atoms with Gasteiger partial charge in [-0.1, -0.05) is 37.3 Å². The first-order valence-corrected chi connectivity index (χ1v) is 11.6. The number of amides is 2. The summed E-state index contributed by atoms with van der Waals surface area (Å²) in [6.45, 7) is 3.01. The summed E-state index contributed by atoms with van der Waals surface area (Å²) >= 11 is 0. The molecule has 0 saturated carbocycles. The average molecular weight is 473 g/mol. The van der Waals surface area contributed by atoms with Gasteiger partial charge in [0.05, 0.1) is 17.0 Å². The highest BCUT2D eigenvalue weighted by Gasteiger charge is 2.29. The number of anilines is 2. The lowest BCUT2D eigenvalue weighted by Gasteiger charge is -2.17. The fourth-order valence-electron chi connectivity index (χ4n) is 4.04. The molecule has 0 aliphatic carbocycles. The van der Waals surface area contributed by atoms with Gasteiger partial charge in [0.25, 0.3) is 5.91 Å². The maximum Gasteiger partial charge on any atom is 0.258 e. The maximum absolute atomic E-state index is 13.8. The van der Waals surface area contributed by atoms with Crippen LogP contribution in [0.5, 0.6) is 0 Å². The Bertz CT molecular complexity index is 1280. The summed E-state index contributed by atoms with van der Waals surface area (Å²) in [5.74, 6) is -0.747. The number of halogens is 1. The number of carbonyl (C=O) groups is 2. The van der Waals surface area contributed by atoms with Crippen LogP contribution in [0.4, 0.5) is 15.8 Å². The fourth-order valence-corrected chi connectivity index (χ4v) is 4.04. The van der Waals surface area contributed by atoms with Crippen LogP contribution in [0.1, 0.15) is 35.6 Å². The Hall–Kier alpha value is -3.97. The Morgan fingerprint density at radius 1 is 1.00 bits per heavy atom. The van der Waals surface area contributed by atoms with Crippen LogP contribution in [0, 0.1) is 5.82 Å². The Labute approximate surface area is 204 Å². The molecule has 6 nitrogen and oxygen atoms in total. The summed E-state index contributed by atoms with van der Waals surface area (Å²) < 4.78 is 13.8. The molecular weight excluding hydrogens is 443 g/mol. The van der Waals surface area contributed by atoms with E-state index < -0.39 is 5.82 Å². The van der Waals surface area contributed by atoms with E-state index in [1.165, 1.54) is 17.7 Å². The van der Waals surface area contributed by atoms with E-state index in [4.69, 9.17) is 0 Å². The quantitative estimate of drug-likeness (QED) is 0.410. The minimum absolute atomic E-state index is 0.0314. The summed E-state index contributed by atoms with van der Waals surface area (Å²) in [6, 6.07) is 20.0. The minimum Gasteiger partial charge on any atom is -0.354 e. The van der Waals surface area contributed by atoms with Crippen LogP contribution in [0.15, 0.2) is 66.7 Å². The zero-order valence-corrected chi connectivity index (χ0v) is 20.1. The van der Waals surface area contributed by atoms with Crippen molar-refractivity contribution in [3.05, 3.63) is 94.8 Å². The molecule has 3 N–H and O–H groups in total. The van der Waals surface area contributed by atoms with Gasteiger partial charge in [0.1, 0.15) is 5.82 Å². The second-order valence-corrected chi connectivity index (χ2v) is 8.78. The van der Waals surface area contributed by atoms with E-state index >= 15 is 0 Å². The second-order valence-electron chi connectivity index (χ2n) is 8.78. The summed E-state index contributed by atoms with van der Waals surface area (Å²) in [4.78, 5) is 26.9. The monoisotopic (exact) mass is 472 g/mol. The zero-order chi connectivity index (χ0) is 24.9. The third-order valence-corrected chi connectivity index (χ3v) is 5.72. The van der Waals surface area contributed by atoms with Crippen LogP contribution in [0.2, 0.25) is 0 Å². The molecule has 3 aromatic carbocycles. The predicted octanol–water partition coefficient (Wildman–Crippen LogP) is 4.85. The highest BCUT2D eigenvalue weighted by molar-refractivity contribution is 6.37. The molecule has 2 amide bonds. The normalized spacial score (nSPS) is 13.9. The SMILES string of the molecule is CCC(=O)NCc1cccc(/C(Nc2ccc(CN(C)C)cc2)=C2/C(=O)Nc3cc(F)ccc32)c1. The molecule has 4 rings (SSSR count). The van der Waals surface area contributed by atoms with E-state index in [1.54, 1.807) is 13.0 Å². The summed E-state index contributed by atoms with van der Waals surface area (Å²) in [7, 11) is 4.03. The number of hydrogen-bond acceptors (Lipinski definition) is 4. The molecule has 3 aromatic rings. The molecule has 0 radical (unpaired) electrons. The number of hydrogen-bond donors (Lipinski definition) is 3. The van der Waals surface area contributed by atoms with Crippen LogP contribution in [0.25, 0.3) is 11.3 Å². The molecule has 180 valence electrons. The topological polar surface area (TPSA) is 73.5 Å². The first kappa shape index (κ1) is 24.2. The molecule has 0 aromatic heterocycles. The molecule has 1 aliphatic heterocycles. The fraction of sp³-hybridized carbons (Fsp3) is 0.214. The third-order valence-electron chi connectivity index (χ3n) is 5.72. The average Bonchev–Trinajstić information content (AvgIpc) is 3.16. The van der Waals surface area contributed by atoms with Crippen molar-refractivity contribution in [1.82, 2.24) is 10.2 Å². The molecular formula is C28H29FN4O2. The number of carbonyl (C=O) groups excluding carboxylic acids is 2. The highest BCUT2D eigenvalue weighted by atomic mass is 19.1. The smallest absolute Gasteiger partial charge is 0.258 e. The number of fused-ring (bicyclic) bond motifs is 1. The molecule has 0 atom stereocenters. The van der Waals surface area contributed by atoms with Crippen molar-refractivity contribution in [2.45, 2.75) is 26.4 Å². The van der Waals surface area contributed by atoms with Crippen LogP contribution in [-0.2, 0) is 22.7 Å². The lowest BCUT2D eigenvalue weighted by Crippen LogP contribution is -2.21. The Morgan fingerprint density at radius 2 is 1.77 bits per heavy atom. The van der Waals surface area contributed by atoms with Crippen molar-refractivity contribution < 1.29 is 14.0 Å². The largest absolute Gasteiger partial charge is 0.354 e. The standard InChI is InChI=1S/C28H29FN4O2/c1-4-25(34)30-16-19-6-5-7-20(14-19)27(31-22-11-8-18(9-12-22)17-33(2)3)26-23-13-10-21(29)15-24(23)32-28(26)35/h5-15,31H,4,16-17H2,1-3H3,(H,30,34)(H,32,35)/b27-26-. The van der Waals surface area contributed by atoms with Crippen molar-refractivity contribution in [2.24, 2.45) is 0 Å². The number of nitrogens with zero attached hydrogens (tertiary/aromatic N) is 1. The van der Waals surface area contributed by atoms with Crippen molar-refractivity contribution in [1.29, 1.82) is 0 Å².